The zero-order chi connectivity index (χ0) is 17.4. The van der Waals surface area contributed by atoms with Gasteiger partial charge in [0.2, 0.25) is 11.8 Å². The van der Waals surface area contributed by atoms with Crippen molar-refractivity contribution in [3.8, 4) is 0 Å². The Morgan fingerprint density at radius 3 is 2.54 bits per heavy atom. The van der Waals surface area contributed by atoms with Gasteiger partial charge in [-0.2, -0.15) is 0 Å². The van der Waals surface area contributed by atoms with Crippen LogP contribution in [0.4, 0.5) is 0 Å². The second-order valence-corrected chi connectivity index (χ2v) is 6.56. The maximum atomic E-state index is 12.1. The minimum atomic E-state index is -0.108. The molecule has 4 nitrogen and oxygen atoms in total. The normalized spacial score (nSPS) is 14.0. The molecule has 0 heterocycles. The number of nitrogens with zero attached hydrogens (tertiary/aromatic N) is 1. The van der Waals surface area contributed by atoms with E-state index in [1.165, 1.54) is 30.9 Å². The van der Waals surface area contributed by atoms with Gasteiger partial charge in [-0.15, -0.1) is 0 Å². The van der Waals surface area contributed by atoms with Crippen LogP contribution in [0.2, 0.25) is 0 Å². The van der Waals surface area contributed by atoms with Gasteiger partial charge in [-0.1, -0.05) is 41.5 Å². The van der Waals surface area contributed by atoms with Gasteiger partial charge in [0, 0.05) is 20.0 Å². The van der Waals surface area contributed by atoms with Crippen LogP contribution in [-0.2, 0) is 16.1 Å². The predicted molar refractivity (Wildman–Crippen MR) is 96.4 cm³/mol. The van der Waals surface area contributed by atoms with Crippen molar-refractivity contribution < 1.29 is 9.59 Å². The zero-order valence-corrected chi connectivity index (χ0v) is 14.8. The summed E-state index contributed by atoms with van der Waals surface area (Å²) in [5.74, 6) is -0.153. The fourth-order valence-corrected chi connectivity index (χ4v) is 2.89. The molecule has 0 radical (unpaired) electrons. The lowest BCUT2D eigenvalue weighted by Crippen LogP contribution is -2.40. The molecule has 0 fully saturated rings. The molecule has 1 aliphatic carbocycles. The Labute approximate surface area is 144 Å². The van der Waals surface area contributed by atoms with Gasteiger partial charge in [-0.3, -0.25) is 9.59 Å². The second-order valence-electron chi connectivity index (χ2n) is 6.56. The third kappa shape index (κ3) is 6.19. The Morgan fingerprint density at radius 2 is 1.92 bits per heavy atom. The van der Waals surface area contributed by atoms with Crippen molar-refractivity contribution in [3.63, 3.8) is 0 Å². The van der Waals surface area contributed by atoms with Crippen molar-refractivity contribution in [2.24, 2.45) is 0 Å². The van der Waals surface area contributed by atoms with Gasteiger partial charge in [0.1, 0.15) is 0 Å². The number of hydrogen-bond acceptors (Lipinski definition) is 2. The summed E-state index contributed by atoms with van der Waals surface area (Å²) in [6, 6.07) is 8.07. The number of aryl methyl sites for hydroxylation is 1. The molecule has 1 aromatic rings. The largest absolute Gasteiger partial charge is 0.350 e. The summed E-state index contributed by atoms with van der Waals surface area (Å²) in [7, 11) is 0. The predicted octanol–water partition coefficient (Wildman–Crippen LogP) is 3.35. The van der Waals surface area contributed by atoms with E-state index in [-0.39, 0.29) is 18.4 Å². The van der Waals surface area contributed by atoms with Crippen LogP contribution in [-0.4, -0.2) is 29.8 Å². The van der Waals surface area contributed by atoms with Crippen LogP contribution in [0.15, 0.2) is 35.9 Å². The fourth-order valence-electron chi connectivity index (χ4n) is 2.89. The van der Waals surface area contributed by atoms with Crippen molar-refractivity contribution in [1.29, 1.82) is 0 Å². The van der Waals surface area contributed by atoms with Crippen LogP contribution in [0.1, 0.15) is 50.2 Å². The van der Waals surface area contributed by atoms with Crippen molar-refractivity contribution in [3.05, 3.63) is 47.0 Å². The average molecular weight is 328 g/mol. The molecule has 0 unspecified atom stereocenters. The van der Waals surface area contributed by atoms with E-state index in [0.29, 0.717) is 13.1 Å². The smallest absolute Gasteiger partial charge is 0.239 e. The molecule has 1 aromatic carbocycles. The van der Waals surface area contributed by atoms with Crippen LogP contribution in [0.3, 0.4) is 0 Å². The highest BCUT2D eigenvalue weighted by atomic mass is 16.2. The molecule has 130 valence electrons. The molecule has 0 aliphatic heterocycles. The number of amides is 2. The molecule has 2 rings (SSSR count). The summed E-state index contributed by atoms with van der Waals surface area (Å²) in [4.78, 5) is 25.6. The summed E-state index contributed by atoms with van der Waals surface area (Å²) >= 11 is 0. The van der Waals surface area contributed by atoms with Crippen LogP contribution < -0.4 is 5.32 Å². The molecule has 1 N–H and O–H groups in total. The average Bonchev–Trinajstić information content (AvgIpc) is 2.58. The van der Waals surface area contributed by atoms with E-state index < -0.39 is 0 Å². The van der Waals surface area contributed by atoms with Crippen LogP contribution in [0, 0.1) is 6.92 Å². The number of carbonyl (C=O) groups is 2. The maximum absolute atomic E-state index is 12.1. The van der Waals surface area contributed by atoms with E-state index in [9.17, 15) is 9.59 Å². The van der Waals surface area contributed by atoms with E-state index in [4.69, 9.17) is 0 Å². The summed E-state index contributed by atoms with van der Waals surface area (Å²) < 4.78 is 0. The number of nitrogens with one attached hydrogen (secondary N) is 1. The fraction of sp³-hybridized carbons (Fsp3) is 0.500. The molecule has 4 heteroatoms. The number of allylic oxidation sites excluding steroid dienone is 1. The Bertz CT molecular complexity index is 590. The first-order valence-corrected chi connectivity index (χ1v) is 8.80. The number of carbonyl (C=O) groups excluding carboxylic acids is 2. The minimum Gasteiger partial charge on any atom is -0.350 e. The Morgan fingerprint density at radius 1 is 1.17 bits per heavy atom. The van der Waals surface area contributed by atoms with Gasteiger partial charge in [0.05, 0.1) is 6.54 Å². The topological polar surface area (TPSA) is 49.4 Å². The number of hydrogen-bond donors (Lipinski definition) is 1. The van der Waals surface area contributed by atoms with Crippen LogP contribution in [0.5, 0.6) is 0 Å². The summed E-state index contributed by atoms with van der Waals surface area (Å²) in [6.07, 6.45) is 7.95. The minimum absolute atomic E-state index is 0.0445. The van der Waals surface area contributed by atoms with E-state index in [2.05, 4.69) is 11.4 Å². The first-order chi connectivity index (χ1) is 11.5. The lowest BCUT2D eigenvalue weighted by atomic mass is 9.97. The van der Waals surface area contributed by atoms with Crippen LogP contribution >= 0.6 is 0 Å². The lowest BCUT2D eigenvalue weighted by Gasteiger charge is -2.22. The van der Waals surface area contributed by atoms with Crippen molar-refractivity contribution >= 4 is 11.8 Å². The van der Waals surface area contributed by atoms with E-state index in [1.807, 2.05) is 31.2 Å². The van der Waals surface area contributed by atoms with E-state index >= 15 is 0 Å². The van der Waals surface area contributed by atoms with Crippen molar-refractivity contribution in [1.82, 2.24) is 10.2 Å². The highest BCUT2D eigenvalue weighted by molar-refractivity contribution is 5.83. The summed E-state index contributed by atoms with van der Waals surface area (Å²) in [5.41, 5.74) is 3.69. The molecule has 1 aliphatic rings. The van der Waals surface area contributed by atoms with Gasteiger partial charge in [-0.05, 0) is 44.6 Å². The molecule has 0 spiro atoms. The molecule has 0 saturated carbocycles. The lowest BCUT2D eigenvalue weighted by molar-refractivity contribution is -0.134. The van der Waals surface area contributed by atoms with Gasteiger partial charge in [0.25, 0.3) is 0 Å². The van der Waals surface area contributed by atoms with Crippen molar-refractivity contribution in [2.75, 3.05) is 13.1 Å². The van der Waals surface area contributed by atoms with E-state index in [0.717, 1.165) is 24.8 Å². The van der Waals surface area contributed by atoms with Gasteiger partial charge < -0.3 is 10.2 Å². The molecule has 0 atom stereocenters. The standard InChI is InChI=1S/C20H28N2O2/c1-16-8-10-19(11-9-16)14-21-20(24)15-22(17(2)23)13-12-18-6-4-3-5-7-18/h6,8-11H,3-5,7,12-15H2,1-2H3,(H,21,24). The highest BCUT2D eigenvalue weighted by Gasteiger charge is 2.14. The maximum Gasteiger partial charge on any atom is 0.239 e. The quantitative estimate of drug-likeness (QED) is 0.780. The first-order valence-electron chi connectivity index (χ1n) is 8.80. The number of benzene rings is 1. The monoisotopic (exact) mass is 328 g/mol. The summed E-state index contributed by atoms with van der Waals surface area (Å²) in [5, 5.41) is 2.89. The third-order valence-electron chi connectivity index (χ3n) is 4.48. The molecule has 0 bridgehead atoms. The third-order valence-corrected chi connectivity index (χ3v) is 4.48. The molecule has 24 heavy (non-hydrogen) atoms. The second kappa shape index (κ2) is 9.26. The van der Waals surface area contributed by atoms with Gasteiger partial charge in [0.15, 0.2) is 0 Å². The highest BCUT2D eigenvalue weighted by Crippen LogP contribution is 2.20. The molecule has 0 saturated heterocycles. The molecular formula is C20H28N2O2. The number of rotatable bonds is 7. The first kappa shape index (κ1) is 18.2. The Kier molecular flexibility index (Phi) is 7.04. The zero-order valence-electron chi connectivity index (χ0n) is 14.8. The Balaban J connectivity index is 1.78. The Hall–Kier alpha value is -2.10. The SMILES string of the molecule is CC(=O)N(CCC1=CCCCC1)CC(=O)NCc1ccc(C)cc1. The van der Waals surface area contributed by atoms with Gasteiger partial charge >= 0.3 is 0 Å². The molecular weight excluding hydrogens is 300 g/mol. The summed E-state index contributed by atoms with van der Waals surface area (Å²) in [6.45, 7) is 4.82. The van der Waals surface area contributed by atoms with Crippen LogP contribution in [0.25, 0.3) is 0 Å². The van der Waals surface area contributed by atoms with E-state index in [1.54, 1.807) is 4.90 Å². The molecule has 2 amide bonds. The molecule has 0 aromatic heterocycles. The van der Waals surface area contributed by atoms with Crippen molar-refractivity contribution in [2.45, 2.75) is 52.5 Å². The van der Waals surface area contributed by atoms with Gasteiger partial charge in [-0.25, -0.2) is 0 Å².